The summed E-state index contributed by atoms with van der Waals surface area (Å²) in [6.07, 6.45) is 1.87. The molecular formula is C13H14BrNO. The molecule has 3 heteroatoms. The Labute approximate surface area is 104 Å². The van der Waals surface area contributed by atoms with Crippen molar-refractivity contribution >= 4 is 26.8 Å². The fourth-order valence-corrected chi connectivity index (χ4v) is 2.66. The molecule has 0 saturated heterocycles. The smallest absolute Gasteiger partial charge is 0.119 e. The van der Waals surface area contributed by atoms with E-state index >= 15 is 0 Å². The Kier molecular flexibility index (Phi) is 3.15. The summed E-state index contributed by atoms with van der Waals surface area (Å²) in [5, 5.41) is 1.16. The second kappa shape index (κ2) is 4.42. The van der Waals surface area contributed by atoms with Gasteiger partial charge in [-0.2, -0.15) is 0 Å². The predicted octanol–water partition coefficient (Wildman–Crippen LogP) is 4.13. The number of halogens is 1. The number of hydrogen-bond acceptors (Lipinski definition) is 2. The van der Waals surface area contributed by atoms with Crippen molar-refractivity contribution in [2.75, 3.05) is 7.11 Å². The fraction of sp³-hybridized carbons (Fsp3) is 0.308. The molecule has 1 heterocycles. The summed E-state index contributed by atoms with van der Waals surface area (Å²) >= 11 is 3.56. The van der Waals surface area contributed by atoms with Crippen LogP contribution in [0.15, 0.2) is 28.9 Å². The van der Waals surface area contributed by atoms with Crippen LogP contribution in [0.4, 0.5) is 0 Å². The van der Waals surface area contributed by atoms with Gasteiger partial charge in [-0.05, 0) is 45.6 Å². The first-order valence-corrected chi connectivity index (χ1v) is 6.05. The Bertz CT molecular complexity index is 523. The number of aromatic nitrogens is 1. The number of benzene rings is 1. The Morgan fingerprint density at radius 1 is 1.31 bits per heavy atom. The lowest BCUT2D eigenvalue weighted by molar-refractivity contribution is 0.415. The van der Waals surface area contributed by atoms with Crippen molar-refractivity contribution in [2.45, 2.75) is 19.8 Å². The van der Waals surface area contributed by atoms with Crippen LogP contribution in [0, 0.1) is 0 Å². The molecular weight excluding hydrogens is 266 g/mol. The van der Waals surface area contributed by atoms with Crippen LogP contribution < -0.4 is 4.74 Å². The molecule has 84 valence electrons. The van der Waals surface area contributed by atoms with Gasteiger partial charge in [0.2, 0.25) is 0 Å². The quantitative estimate of drug-likeness (QED) is 0.825. The Morgan fingerprint density at radius 3 is 2.69 bits per heavy atom. The maximum Gasteiger partial charge on any atom is 0.119 e. The van der Waals surface area contributed by atoms with Gasteiger partial charge in [0.05, 0.1) is 12.6 Å². The largest absolute Gasteiger partial charge is 0.497 e. The highest BCUT2D eigenvalue weighted by Gasteiger charge is 2.11. The zero-order valence-corrected chi connectivity index (χ0v) is 11.2. The van der Waals surface area contributed by atoms with E-state index in [0.29, 0.717) is 5.92 Å². The van der Waals surface area contributed by atoms with E-state index in [1.54, 1.807) is 7.11 Å². The third-order valence-corrected chi connectivity index (χ3v) is 3.28. The molecule has 0 unspecified atom stereocenters. The number of hydrogen-bond donors (Lipinski definition) is 0. The predicted molar refractivity (Wildman–Crippen MR) is 70.1 cm³/mol. The van der Waals surface area contributed by atoms with E-state index in [1.165, 1.54) is 5.56 Å². The van der Waals surface area contributed by atoms with Crippen LogP contribution >= 0.6 is 15.9 Å². The Hall–Kier alpha value is -1.09. The third-order valence-electron chi connectivity index (χ3n) is 2.65. The van der Waals surface area contributed by atoms with Gasteiger partial charge >= 0.3 is 0 Å². The standard InChI is InChI=1S/C13H14BrNO/c1-8(2)13-10-6-9(16-3)4-5-12(10)15-7-11(13)14/h4-8H,1-3H3. The van der Waals surface area contributed by atoms with Crippen LogP contribution in [0.1, 0.15) is 25.3 Å². The van der Waals surface area contributed by atoms with Crippen LogP contribution in [0.25, 0.3) is 10.9 Å². The average Bonchev–Trinajstić information content (AvgIpc) is 2.27. The third kappa shape index (κ3) is 1.92. The minimum absolute atomic E-state index is 0.451. The van der Waals surface area contributed by atoms with Crippen molar-refractivity contribution in [1.29, 1.82) is 0 Å². The Morgan fingerprint density at radius 2 is 2.06 bits per heavy atom. The molecule has 0 spiro atoms. The van der Waals surface area contributed by atoms with Gasteiger partial charge in [0.1, 0.15) is 5.75 Å². The average molecular weight is 280 g/mol. The summed E-state index contributed by atoms with van der Waals surface area (Å²) in [4.78, 5) is 4.40. The molecule has 2 nitrogen and oxygen atoms in total. The number of pyridine rings is 1. The maximum atomic E-state index is 5.25. The lowest BCUT2D eigenvalue weighted by Crippen LogP contribution is -1.94. The summed E-state index contributed by atoms with van der Waals surface area (Å²) in [5.41, 5.74) is 2.29. The van der Waals surface area contributed by atoms with Crippen molar-refractivity contribution in [3.63, 3.8) is 0 Å². The van der Waals surface area contributed by atoms with E-state index in [0.717, 1.165) is 21.1 Å². The summed E-state index contributed by atoms with van der Waals surface area (Å²) in [6, 6.07) is 5.97. The van der Waals surface area contributed by atoms with E-state index in [-0.39, 0.29) is 0 Å². The van der Waals surface area contributed by atoms with E-state index in [4.69, 9.17) is 4.74 Å². The highest BCUT2D eigenvalue weighted by molar-refractivity contribution is 9.10. The molecule has 0 amide bonds. The lowest BCUT2D eigenvalue weighted by Gasteiger charge is -2.12. The molecule has 0 N–H and O–H groups in total. The van der Waals surface area contributed by atoms with Crippen molar-refractivity contribution < 1.29 is 4.74 Å². The normalized spacial score (nSPS) is 11.1. The van der Waals surface area contributed by atoms with Crippen LogP contribution in [0.5, 0.6) is 5.75 Å². The summed E-state index contributed by atoms with van der Waals surface area (Å²) in [7, 11) is 1.68. The number of nitrogens with zero attached hydrogens (tertiary/aromatic N) is 1. The van der Waals surface area contributed by atoms with Crippen LogP contribution in [0.3, 0.4) is 0 Å². The molecule has 1 aromatic carbocycles. The zero-order valence-electron chi connectivity index (χ0n) is 9.62. The first kappa shape index (κ1) is 11.4. The second-order valence-corrected chi connectivity index (χ2v) is 4.91. The van der Waals surface area contributed by atoms with Gasteiger partial charge in [0, 0.05) is 16.1 Å². The van der Waals surface area contributed by atoms with E-state index < -0.39 is 0 Å². The minimum atomic E-state index is 0.451. The van der Waals surface area contributed by atoms with Crippen molar-refractivity contribution in [1.82, 2.24) is 4.98 Å². The molecule has 0 radical (unpaired) electrons. The molecule has 0 aliphatic heterocycles. The molecule has 0 aliphatic rings. The maximum absolute atomic E-state index is 5.25. The monoisotopic (exact) mass is 279 g/mol. The minimum Gasteiger partial charge on any atom is -0.497 e. The van der Waals surface area contributed by atoms with E-state index in [1.807, 2.05) is 24.4 Å². The Balaban J connectivity index is 2.78. The van der Waals surface area contributed by atoms with Crippen molar-refractivity contribution in [2.24, 2.45) is 0 Å². The van der Waals surface area contributed by atoms with E-state index in [9.17, 15) is 0 Å². The van der Waals surface area contributed by atoms with Gasteiger partial charge in [-0.15, -0.1) is 0 Å². The number of rotatable bonds is 2. The van der Waals surface area contributed by atoms with Crippen LogP contribution in [0.2, 0.25) is 0 Å². The fourth-order valence-electron chi connectivity index (χ4n) is 1.88. The SMILES string of the molecule is COc1ccc2ncc(Br)c(C(C)C)c2c1. The van der Waals surface area contributed by atoms with Gasteiger partial charge in [0.15, 0.2) is 0 Å². The number of methoxy groups -OCH3 is 1. The second-order valence-electron chi connectivity index (χ2n) is 4.06. The summed E-state index contributed by atoms with van der Waals surface area (Å²) < 4.78 is 6.31. The highest BCUT2D eigenvalue weighted by atomic mass is 79.9. The molecule has 0 saturated carbocycles. The highest BCUT2D eigenvalue weighted by Crippen LogP contribution is 2.32. The number of fused-ring (bicyclic) bond motifs is 1. The summed E-state index contributed by atoms with van der Waals surface area (Å²) in [5.74, 6) is 1.32. The summed E-state index contributed by atoms with van der Waals surface area (Å²) in [6.45, 7) is 4.36. The molecule has 2 rings (SSSR count). The molecule has 2 aromatic rings. The van der Waals surface area contributed by atoms with Gasteiger partial charge in [0.25, 0.3) is 0 Å². The molecule has 0 atom stereocenters. The van der Waals surface area contributed by atoms with Gasteiger partial charge in [-0.25, -0.2) is 0 Å². The van der Waals surface area contributed by atoms with Gasteiger partial charge in [-0.1, -0.05) is 13.8 Å². The molecule has 0 aliphatic carbocycles. The molecule has 0 bridgehead atoms. The number of ether oxygens (including phenoxy) is 1. The lowest BCUT2D eigenvalue weighted by atomic mass is 9.99. The van der Waals surface area contributed by atoms with Crippen molar-refractivity contribution in [3.05, 3.63) is 34.4 Å². The molecule has 0 fully saturated rings. The van der Waals surface area contributed by atoms with Gasteiger partial charge < -0.3 is 4.74 Å². The molecule has 1 aromatic heterocycles. The van der Waals surface area contributed by atoms with Crippen molar-refractivity contribution in [3.8, 4) is 5.75 Å². The van der Waals surface area contributed by atoms with Crippen LogP contribution in [-0.4, -0.2) is 12.1 Å². The topological polar surface area (TPSA) is 22.1 Å². The molecule has 16 heavy (non-hydrogen) atoms. The zero-order chi connectivity index (χ0) is 11.7. The van der Waals surface area contributed by atoms with E-state index in [2.05, 4.69) is 34.8 Å². The van der Waals surface area contributed by atoms with Gasteiger partial charge in [-0.3, -0.25) is 4.98 Å². The van der Waals surface area contributed by atoms with Crippen LogP contribution in [-0.2, 0) is 0 Å². The first-order valence-electron chi connectivity index (χ1n) is 5.25. The first-order chi connectivity index (χ1) is 7.63.